The standard InChI is InChI=1S/C15H12Cl2FNO/c16-11-1-2-14(13(18)7-11)19-8-10-6-12(17)5-9-3-4-20-15(9)10/h1-2,5-7,19H,3-4,8H2. The summed E-state index contributed by atoms with van der Waals surface area (Å²) in [7, 11) is 0. The zero-order chi connectivity index (χ0) is 14.1. The number of nitrogens with one attached hydrogen (secondary N) is 1. The van der Waals surface area contributed by atoms with E-state index in [1.54, 1.807) is 12.1 Å². The quantitative estimate of drug-likeness (QED) is 0.888. The molecule has 0 fully saturated rings. The van der Waals surface area contributed by atoms with Crippen molar-refractivity contribution >= 4 is 28.9 Å². The molecule has 3 rings (SSSR count). The first-order valence-corrected chi connectivity index (χ1v) is 7.02. The zero-order valence-electron chi connectivity index (χ0n) is 10.6. The van der Waals surface area contributed by atoms with Gasteiger partial charge in [-0.05, 0) is 35.9 Å². The summed E-state index contributed by atoms with van der Waals surface area (Å²) in [5.41, 5.74) is 2.44. The van der Waals surface area contributed by atoms with Crippen LogP contribution < -0.4 is 10.1 Å². The molecule has 0 saturated carbocycles. The van der Waals surface area contributed by atoms with E-state index in [1.807, 2.05) is 12.1 Å². The second kappa shape index (κ2) is 5.51. The van der Waals surface area contributed by atoms with Gasteiger partial charge < -0.3 is 10.1 Å². The minimum absolute atomic E-state index is 0.375. The number of rotatable bonds is 3. The van der Waals surface area contributed by atoms with Gasteiger partial charge in [-0.3, -0.25) is 0 Å². The molecule has 20 heavy (non-hydrogen) atoms. The monoisotopic (exact) mass is 311 g/mol. The lowest BCUT2D eigenvalue weighted by Gasteiger charge is -2.12. The van der Waals surface area contributed by atoms with Crippen LogP contribution in [-0.2, 0) is 13.0 Å². The molecule has 0 amide bonds. The van der Waals surface area contributed by atoms with Gasteiger partial charge >= 0.3 is 0 Å². The van der Waals surface area contributed by atoms with Crippen LogP contribution in [0, 0.1) is 5.82 Å². The normalized spacial score (nSPS) is 12.9. The highest BCUT2D eigenvalue weighted by Crippen LogP contribution is 2.33. The van der Waals surface area contributed by atoms with Crippen LogP contribution in [0.4, 0.5) is 10.1 Å². The van der Waals surface area contributed by atoms with Gasteiger partial charge in [-0.15, -0.1) is 0 Å². The van der Waals surface area contributed by atoms with E-state index in [4.69, 9.17) is 27.9 Å². The van der Waals surface area contributed by atoms with Crippen LogP contribution in [0.5, 0.6) is 5.75 Å². The van der Waals surface area contributed by atoms with Crippen LogP contribution in [0.3, 0.4) is 0 Å². The Kier molecular flexibility index (Phi) is 3.72. The number of hydrogen-bond acceptors (Lipinski definition) is 2. The molecule has 2 aromatic rings. The largest absolute Gasteiger partial charge is 0.493 e. The lowest BCUT2D eigenvalue weighted by atomic mass is 10.1. The highest BCUT2D eigenvalue weighted by atomic mass is 35.5. The summed E-state index contributed by atoms with van der Waals surface area (Å²) in [6.07, 6.45) is 0.859. The van der Waals surface area contributed by atoms with Crippen molar-refractivity contribution in [3.63, 3.8) is 0 Å². The summed E-state index contributed by atoms with van der Waals surface area (Å²) in [4.78, 5) is 0. The molecule has 0 aromatic heterocycles. The zero-order valence-corrected chi connectivity index (χ0v) is 12.1. The Labute approximate surface area is 126 Å². The van der Waals surface area contributed by atoms with Crippen LogP contribution in [0.25, 0.3) is 0 Å². The van der Waals surface area contributed by atoms with E-state index in [0.717, 1.165) is 23.3 Å². The van der Waals surface area contributed by atoms with Crippen molar-refractivity contribution in [2.75, 3.05) is 11.9 Å². The topological polar surface area (TPSA) is 21.3 Å². The summed E-state index contributed by atoms with van der Waals surface area (Å²) < 4.78 is 19.3. The fourth-order valence-corrected chi connectivity index (χ4v) is 2.72. The Balaban J connectivity index is 1.82. The van der Waals surface area contributed by atoms with Crippen molar-refractivity contribution in [2.45, 2.75) is 13.0 Å². The minimum Gasteiger partial charge on any atom is -0.493 e. The molecule has 2 aromatic carbocycles. The van der Waals surface area contributed by atoms with Gasteiger partial charge in [-0.1, -0.05) is 23.2 Å². The molecule has 0 atom stereocenters. The molecule has 104 valence electrons. The van der Waals surface area contributed by atoms with Crippen molar-refractivity contribution in [2.24, 2.45) is 0 Å². The van der Waals surface area contributed by atoms with Gasteiger partial charge in [0.2, 0.25) is 0 Å². The average molecular weight is 312 g/mol. The lowest BCUT2D eigenvalue weighted by Crippen LogP contribution is -2.03. The smallest absolute Gasteiger partial charge is 0.147 e. The molecule has 0 unspecified atom stereocenters. The third-order valence-corrected chi connectivity index (χ3v) is 3.68. The van der Waals surface area contributed by atoms with Gasteiger partial charge in [0, 0.05) is 28.6 Å². The predicted molar refractivity (Wildman–Crippen MR) is 79.4 cm³/mol. The molecule has 1 aliphatic rings. The number of benzene rings is 2. The predicted octanol–water partition coefficient (Wildman–Crippen LogP) is 4.68. The number of halogens is 3. The number of anilines is 1. The van der Waals surface area contributed by atoms with Gasteiger partial charge in [0.15, 0.2) is 0 Å². The van der Waals surface area contributed by atoms with Crippen LogP contribution in [0.1, 0.15) is 11.1 Å². The number of hydrogen-bond donors (Lipinski definition) is 1. The highest BCUT2D eigenvalue weighted by molar-refractivity contribution is 6.31. The van der Waals surface area contributed by atoms with Crippen LogP contribution >= 0.6 is 23.2 Å². The first-order chi connectivity index (χ1) is 9.63. The van der Waals surface area contributed by atoms with E-state index in [-0.39, 0.29) is 5.82 Å². The van der Waals surface area contributed by atoms with Crippen molar-refractivity contribution in [3.05, 3.63) is 57.3 Å². The number of fused-ring (bicyclic) bond motifs is 1. The molecule has 0 aliphatic carbocycles. The molecule has 0 spiro atoms. The van der Waals surface area contributed by atoms with E-state index >= 15 is 0 Å². The summed E-state index contributed by atoms with van der Waals surface area (Å²) in [5.74, 6) is 0.480. The van der Waals surface area contributed by atoms with Crippen LogP contribution in [0.2, 0.25) is 10.0 Å². The average Bonchev–Trinajstić information content (AvgIpc) is 2.85. The van der Waals surface area contributed by atoms with Gasteiger partial charge in [-0.2, -0.15) is 0 Å². The van der Waals surface area contributed by atoms with E-state index in [2.05, 4.69) is 5.32 Å². The highest BCUT2D eigenvalue weighted by Gasteiger charge is 2.17. The van der Waals surface area contributed by atoms with Gasteiger partial charge in [0.1, 0.15) is 11.6 Å². The Morgan fingerprint density at radius 2 is 2.00 bits per heavy atom. The fourth-order valence-electron chi connectivity index (χ4n) is 2.30. The molecular weight excluding hydrogens is 300 g/mol. The van der Waals surface area contributed by atoms with Gasteiger partial charge in [0.25, 0.3) is 0 Å². The van der Waals surface area contributed by atoms with Crippen molar-refractivity contribution in [1.82, 2.24) is 0 Å². The van der Waals surface area contributed by atoms with Crippen molar-refractivity contribution in [3.8, 4) is 5.75 Å². The molecule has 1 N–H and O–H groups in total. The minimum atomic E-state index is -0.378. The molecular formula is C15H12Cl2FNO. The van der Waals surface area contributed by atoms with E-state index in [9.17, 15) is 4.39 Å². The first-order valence-electron chi connectivity index (χ1n) is 6.26. The fraction of sp³-hybridized carbons (Fsp3) is 0.200. The third-order valence-electron chi connectivity index (χ3n) is 3.23. The lowest BCUT2D eigenvalue weighted by molar-refractivity contribution is 0.354. The third kappa shape index (κ3) is 2.69. The molecule has 5 heteroatoms. The molecule has 1 aliphatic heterocycles. The maximum absolute atomic E-state index is 13.7. The van der Waals surface area contributed by atoms with Gasteiger partial charge in [0.05, 0.1) is 12.3 Å². The number of ether oxygens (including phenoxy) is 1. The molecule has 0 saturated heterocycles. The maximum atomic E-state index is 13.7. The molecule has 2 nitrogen and oxygen atoms in total. The second-order valence-electron chi connectivity index (χ2n) is 4.63. The van der Waals surface area contributed by atoms with E-state index in [0.29, 0.717) is 28.9 Å². The SMILES string of the molecule is Fc1cc(Cl)ccc1NCc1cc(Cl)cc2c1OCC2. The van der Waals surface area contributed by atoms with Gasteiger partial charge in [-0.25, -0.2) is 4.39 Å². The van der Waals surface area contributed by atoms with Crippen LogP contribution in [-0.4, -0.2) is 6.61 Å². The Morgan fingerprint density at radius 3 is 2.80 bits per heavy atom. The summed E-state index contributed by atoms with van der Waals surface area (Å²) in [6.45, 7) is 1.11. The summed E-state index contributed by atoms with van der Waals surface area (Å²) in [5, 5.41) is 4.09. The van der Waals surface area contributed by atoms with E-state index < -0.39 is 0 Å². The summed E-state index contributed by atoms with van der Waals surface area (Å²) >= 11 is 11.8. The Bertz CT molecular complexity index is 661. The van der Waals surface area contributed by atoms with Crippen molar-refractivity contribution < 1.29 is 9.13 Å². The van der Waals surface area contributed by atoms with E-state index in [1.165, 1.54) is 6.07 Å². The van der Waals surface area contributed by atoms with Crippen LogP contribution in [0.15, 0.2) is 30.3 Å². The second-order valence-corrected chi connectivity index (χ2v) is 5.50. The first kappa shape index (κ1) is 13.5. The maximum Gasteiger partial charge on any atom is 0.147 e. The molecule has 0 radical (unpaired) electrons. The summed E-state index contributed by atoms with van der Waals surface area (Å²) in [6, 6.07) is 8.29. The molecule has 1 heterocycles. The Hall–Kier alpha value is -1.45. The Morgan fingerprint density at radius 1 is 1.15 bits per heavy atom. The molecule has 0 bridgehead atoms. The van der Waals surface area contributed by atoms with Crippen molar-refractivity contribution in [1.29, 1.82) is 0 Å².